The van der Waals surface area contributed by atoms with Crippen LogP contribution in [0.3, 0.4) is 0 Å². The van der Waals surface area contributed by atoms with Crippen molar-refractivity contribution in [2.45, 2.75) is 59.3 Å². The van der Waals surface area contributed by atoms with Crippen LogP contribution in [-0.4, -0.2) is 56.3 Å². The van der Waals surface area contributed by atoms with Crippen molar-refractivity contribution in [1.82, 2.24) is 0 Å². The molecule has 0 spiro atoms. The largest absolute Gasteiger partial charge is 1.00 e. The van der Waals surface area contributed by atoms with Crippen LogP contribution in [0, 0.1) is 5.82 Å². The van der Waals surface area contributed by atoms with Crippen molar-refractivity contribution < 1.29 is 44.9 Å². The molecule has 206 valence electrons. The van der Waals surface area contributed by atoms with Gasteiger partial charge in [-0.2, -0.15) is 0 Å². The third-order valence-corrected chi connectivity index (χ3v) is 6.73. The zero-order valence-electron chi connectivity index (χ0n) is 22.7. The van der Waals surface area contributed by atoms with E-state index < -0.39 is 17.7 Å². The molecule has 8 heteroatoms. The number of halogens is 2. The second kappa shape index (κ2) is 17.1. The molecule has 0 unspecified atom stereocenters. The minimum atomic E-state index is -0.641. The minimum absolute atomic E-state index is 0. The van der Waals surface area contributed by atoms with Gasteiger partial charge in [0.1, 0.15) is 30.3 Å². The fraction of sp³-hybridized carbons (Fsp3) is 0.517. The monoisotopic (exact) mass is 580 g/mol. The Kier molecular flexibility index (Phi) is 15.1. The van der Waals surface area contributed by atoms with Crippen LogP contribution in [0.25, 0.3) is 0 Å². The van der Waals surface area contributed by atoms with Crippen molar-refractivity contribution in [3.05, 3.63) is 59.4 Å². The maximum Gasteiger partial charge on any atom is 0.338 e. The van der Waals surface area contributed by atoms with Crippen LogP contribution < -0.4 is 27.0 Å². The normalized spacial score (nSPS) is 10.9. The summed E-state index contributed by atoms with van der Waals surface area (Å²) in [5.74, 6) is -1.42. The third kappa shape index (κ3) is 10.8. The van der Waals surface area contributed by atoms with E-state index in [1.54, 1.807) is 30.3 Å². The average molecular weight is 582 g/mol. The number of benzene rings is 2. The van der Waals surface area contributed by atoms with Crippen molar-refractivity contribution >= 4 is 17.6 Å². The summed E-state index contributed by atoms with van der Waals surface area (Å²) >= 11 is 0. The second-order valence-electron chi connectivity index (χ2n) is 9.37. The van der Waals surface area contributed by atoms with Gasteiger partial charge in [0.15, 0.2) is 0 Å². The molecule has 0 radical (unpaired) electrons. The molecule has 0 saturated carbocycles. The molecule has 0 heterocycles. The zero-order chi connectivity index (χ0) is 26.4. The molecule has 0 saturated heterocycles. The van der Waals surface area contributed by atoms with Crippen molar-refractivity contribution in [2.24, 2.45) is 0 Å². The van der Waals surface area contributed by atoms with Gasteiger partial charge in [0.05, 0.1) is 32.3 Å². The highest BCUT2D eigenvalue weighted by Crippen LogP contribution is 2.24. The molecule has 1 N–H and O–H groups in total. The van der Waals surface area contributed by atoms with Crippen molar-refractivity contribution in [3.63, 3.8) is 0 Å². The SMILES string of the molecule is CCCCCCCCOc1cccc(F)c1C(=O)Nc1ccc(C(=O)OCC[N+](C)(CC)CC)cc1.[Br-]. The fourth-order valence-electron chi connectivity index (χ4n) is 3.77. The maximum absolute atomic E-state index is 14.5. The first-order valence-corrected chi connectivity index (χ1v) is 13.2. The van der Waals surface area contributed by atoms with Crippen molar-refractivity contribution in [2.75, 3.05) is 45.2 Å². The predicted molar refractivity (Wildman–Crippen MR) is 142 cm³/mol. The molecule has 0 aliphatic heterocycles. The number of nitrogens with zero attached hydrogens (tertiary/aromatic N) is 1. The first-order chi connectivity index (χ1) is 17.3. The first kappa shape index (κ1) is 32.6. The molecule has 6 nitrogen and oxygen atoms in total. The summed E-state index contributed by atoms with van der Waals surface area (Å²) in [5, 5.41) is 2.70. The van der Waals surface area contributed by atoms with E-state index in [0.29, 0.717) is 24.5 Å². The third-order valence-electron chi connectivity index (χ3n) is 6.73. The topological polar surface area (TPSA) is 64.6 Å². The van der Waals surface area contributed by atoms with Gasteiger partial charge < -0.3 is 36.3 Å². The second-order valence-corrected chi connectivity index (χ2v) is 9.37. The van der Waals surface area contributed by atoms with Gasteiger partial charge >= 0.3 is 5.97 Å². The van der Waals surface area contributed by atoms with Crippen LogP contribution in [0.2, 0.25) is 0 Å². The molecule has 0 aliphatic rings. The lowest BCUT2D eigenvalue weighted by molar-refractivity contribution is -0.906. The number of ether oxygens (including phenoxy) is 2. The number of anilines is 1. The van der Waals surface area contributed by atoms with Gasteiger partial charge in [-0.15, -0.1) is 0 Å². The van der Waals surface area contributed by atoms with E-state index in [1.807, 2.05) is 0 Å². The number of carbonyl (C=O) groups excluding carboxylic acids is 2. The lowest BCUT2D eigenvalue weighted by atomic mass is 10.1. The summed E-state index contributed by atoms with van der Waals surface area (Å²) in [6, 6.07) is 10.8. The summed E-state index contributed by atoms with van der Waals surface area (Å²) in [4.78, 5) is 25.2. The van der Waals surface area contributed by atoms with Gasteiger partial charge in [0, 0.05) is 5.69 Å². The van der Waals surface area contributed by atoms with E-state index >= 15 is 0 Å². The summed E-state index contributed by atoms with van der Waals surface area (Å²) in [6.07, 6.45) is 6.68. The van der Waals surface area contributed by atoms with Crippen molar-refractivity contribution in [3.8, 4) is 5.75 Å². The number of esters is 1. The molecule has 0 aromatic heterocycles. The highest BCUT2D eigenvalue weighted by Gasteiger charge is 2.19. The highest BCUT2D eigenvalue weighted by atomic mass is 79.9. The average Bonchev–Trinajstić information content (AvgIpc) is 2.88. The number of quaternary nitrogens is 1. The number of carbonyl (C=O) groups is 2. The molecule has 2 aromatic rings. The molecule has 0 bridgehead atoms. The van der Waals surface area contributed by atoms with Crippen LogP contribution in [0.1, 0.15) is 80.0 Å². The van der Waals surface area contributed by atoms with Crippen LogP contribution >= 0.6 is 0 Å². The van der Waals surface area contributed by atoms with Crippen LogP contribution in [0.5, 0.6) is 5.75 Å². The van der Waals surface area contributed by atoms with Gasteiger partial charge in [-0.1, -0.05) is 45.1 Å². The molecular weight excluding hydrogens is 539 g/mol. The first-order valence-electron chi connectivity index (χ1n) is 13.2. The van der Waals surface area contributed by atoms with Gasteiger partial charge in [0.25, 0.3) is 5.91 Å². The number of hydrogen-bond acceptors (Lipinski definition) is 4. The molecule has 0 aliphatic carbocycles. The molecule has 2 rings (SSSR count). The van der Waals surface area contributed by atoms with E-state index in [4.69, 9.17) is 9.47 Å². The van der Waals surface area contributed by atoms with E-state index in [1.165, 1.54) is 31.4 Å². The molecule has 37 heavy (non-hydrogen) atoms. The quantitative estimate of drug-likeness (QED) is 0.188. The van der Waals surface area contributed by atoms with Crippen LogP contribution in [0.4, 0.5) is 10.1 Å². The Bertz CT molecular complexity index is 965. The Morgan fingerprint density at radius 1 is 0.892 bits per heavy atom. The van der Waals surface area contributed by atoms with E-state index in [2.05, 4.69) is 33.1 Å². The summed E-state index contributed by atoms with van der Waals surface area (Å²) < 4.78 is 26.5. The fourth-order valence-corrected chi connectivity index (χ4v) is 3.77. The Hall–Kier alpha value is -2.45. The van der Waals surface area contributed by atoms with Gasteiger partial charge in [-0.3, -0.25) is 4.79 Å². The Balaban J connectivity index is 0.00000684. The number of nitrogens with one attached hydrogen (secondary N) is 1. The number of hydrogen-bond donors (Lipinski definition) is 1. The summed E-state index contributed by atoms with van der Waals surface area (Å²) in [5.41, 5.74) is 0.715. The summed E-state index contributed by atoms with van der Waals surface area (Å²) in [7, 11) is 2.13. The van der Waals surface area contributed by atoms with Gasteiger partial charge in [-0.25, -0.2) is 9.18 Å². The number of amides is 1. The van der Waals surface area contributed by atoms with E-state index in [9.17, 15) is 14.0 Å². The number of rotatable bonds is 16. The number of likely N-dealkylation sites (N-methyl/N-ethyl adjacent to an activating group) is 1. The molecule has 2 aromatic carbocycles. The summed E-state index contributed by atoms with van der Waals surface area (Å²) in [6.45, 7) is 9.87. The molecule has 0 fully saturated rings. The van der Waals surface area contributed by atoms with Gasteiger partial charge in [-0.05, 0) is 56.7 Å². The highest BCUT2D eigenvalue weighted by molar-refractivity contribution is 6.06. The standard InChI is InChI=1S/C29H41FN2O4.BrH/c1-5-8-9-10-11-12-21-35-26-15-13-14-25(30)27(26)28(33)31-24-18-16-23(17-19-24)29(34)36-22-20-32(4,6-2)7-3;/h13-19H,5-12,20-22H2,1-4H3;1H. The van der Waals surface area contributed by atoms with Crippen molar-refractivity contribution in [1.29, 1.82) is 0 Å². The Morgan fingerprint density at radius 3 is 2.19 bits per heavy atom. The number of unbranched alkanes of at least 4 members (excludes halogenated alkanes) is 5. The van der Waals surface area contributed by atoms with Crippen LogP contribution in [0.15, 0.2) is 42.5 Å². The lowest BCUT2D eigenvalue weighted by Crippen LogP contribution is -3.00. The molecule has 0 atom stereocenters. The molecule has 1 amide bonds. The Morgan fingerprint density at radius 2 is 1.54 bits per heavy atom. The maximum atomic E-state index is 14.5. The lowest BCUT2D eigenvalue weighted by Gasteiger charge is -2.31. The van der Waals surface area contributed by atoms with E-state index in [0.717, 1.165) is 43.4 Å². The minimum Gasteiger partial charge on any atom is -1.00 e. The molecular formula is C29H42BrFN2O4. The predicted octanol–water partition coefficient (Wildman–Crippen LogP) is 3.46. The van der Waals surface area contributed by atoms with Gasteiger partial charge in [0.2, 0.25) is 0 Å². The zero-order valence-corrected chi connectivity index (χ0v) is 24.2. The van der Waals surface area contributed by atoms with E-state index in [-0.39, 0.29) is 28.3 Å². The van der Waals surface area contributed by atoms with Crippen LogP contribution in [-0.2, 0) is 4.74 Å². The Labute approximate surface area is 231 Å². The smallest absolute Gasteiger partial charge is 0.338 e.